The zero-order chi connectivity index (χ0) is 21.1. The molecule has 0 unspecified atom stereocenters. The molecule has 4 rings (SSSR count). The Labute approximate surface area is 174 Å². The molecule has 0 bridgehead atoms. The van der Waals surface area contributed by atoms with Crippen LogP contribution in [-0.4, -0.2) is 34.6 Å². The van der Waals surface area contributed by atoms with Crippen molar-refractivity contribution >= 4 is 5.91 Å². The molecule has 4 nitrogen and oxygen atoms in total. The standard InChI is InChI=1S/C25H21FN2O2/c26-21-13-7-6-11-19(21)18-10-4-5-12-20(18)25-22(15-27)28(23(25)16-29)24(30)14-17-8-2-1-3-9-17/h1-13,22-23,25,29H,14,16H2/t22-,23-,25+/m1/s1. The van der Waals surface area contributed by atoms with Crippen molar-refractivity contribution in [2.45, 2.75) is 24.4 Å². The average molecular weight is 400 g/mol. The number of nitriles is 1. The molecule has 0 spiro atoms. The molecule has 1 N–H and O–H groups in total. The van der Waals surface area contributed by atoms with Crippen LogP contribution in [0.1, 0.15) is 17.0 Å². The molecular formula is C25H21FN2O2. The summed E-state index contributed by atoms with van der Waals surface area (Å²) >= 11 is 0. The molecule has 1 saturated heterocycles. The van der Waals surface area contributed by atoms with E-state index in [1.807, 2.05) is 54.6 Å². The first-order valence-electron chi connectivity index (χ1n) is 9.85. The van der Waals surface area contributed by atoms with E-state index in [2.05, 4.69) is 6.07 Å². The second kappa shape index (κ2) is 8.48. The van der Waals surface area contributed by atoms with Crippen LogP contribution in [0.15, 0.2) is 78.9 Å². The predicted molar refractivity (Wildman–Crippen MR) is 112 cm³/mol. The maximum Gasteiger partial charge on any atom is 0.228 e. The highest BCUT2D eigenvalue weighted by atomic mass is 19.1. The van der Waals surface area contributed by atoms with Crippen LogP contribution < -0.4 is 0 Å². The van der Waals surface area contributed by atoms with E-state index in [0.717, 1.165) is 11.1 Å². The van der Waals surface area contributed by atoms with Crippen molar-refractivity contribution < 1.29 is 14.3 Å². The number of aliphatic hydroxyl groups is 1. The monoisotopic (exact) mass is 400 g/mol. The summed E-state index contributed by atoms with van der Waals surface area (Å²) in [5, 5.41) is 19.9. The highest BCUT2D eigenvalue weighted by Gasteiger charge is 2.52. The van der Waals surface area contributed by atoms with Crippen LogP contribution >= 0.6 is 0 Å². The summed E-state index contributed by atoms with van der Waals surface area (Å²) < 4.78 is 14.5. The SMILES string of the molecule is N#C[C@@H]1[C@H](c2ccccc2-c2ccccc2F)[C@@H](CO)N1C(=O)Cc1ccccc1. The minimum atomic E-state index is -0.716. The van der Waals surface area contributed by atoms with Crippen LogP contribution in [0.4, 0.5) is 4.39 Å². The summed E-state index contributed by atoms with van der Waals surface area (Å²) in [4.78, 5) is 14.4. The average Bonchev–Trinajstić information content (AvgIpc) is 2.75. The number of aliphatic hydroxyl groups excluding tert-OH is 1. The van der Waals surface area contributed by atoms with E-state index in [1.165, 1.54) is 11.0 Å². The minimum Gasteiger partial charge on any atom is -0.394 e. The lowest BCUT2D eigenvalue weighted by Gasteiger charge is -2.52. The van der Waals surface area contributed by atoms with Crippen LogP contribution in [0, 0.1) is 17.1 Å². The quantitative estimate of drug-likeness (QED) is 0.706. The summed E-state index contributed by atoms with van der Waals surface area (Å²) in [5.74, 6) is -0.947. The summed E-state index contributed by atoms with van der Waals surface area (Å²) in [5.41, 5.74) is 2.73. The second-order valence-electron chi connectivity index (χ2n) is 7.38. The highest BCUT2D eigenvalue weighted by molar-refractivity contribution is 5.82. The summed E-state index contributed by atoms with van der Waals surface area (Å²) in [7, 11) is 0. The largest absolute Gasteiger partial charge is 0.394 e. The van der Waals surface area contributed by atoms with Gasteiger partial charge < -0.3 is 10.0 Å². The van der Waals surface area contributed by atoms with E-state index in [4.69, 9.17) is 0 Å². The maximum absolute atomic E-state index is 14.5. The Morgan fingerprint density at radius 3 is 2.27 bits per heavy atom. The Morgan fingerprint density at radius 2 is 1.60 bits per heavy atom. The lowest BCUT2D eigenvalue weighted by Crippen LogP contribution is -2.65. The number of carbonyl (C=O) groups excluding carboxylic acids is 1. The molecule has 1 fully saturated rings. The molecule has 1 amide bonds. The van der Waals surface area contributed by atoms with Gasteiger partial charge in [-0.25, -0.2) is 4.39 Å². The van der Waals surface area contributed by atoms with Gasteiger partial charge in [-0.1, -0.05) is 72.8 Å². The third kappa shape index (κ3) is 3.47. The molecule has 0 saturated carbocycles. The van der Waals surface area contributed by atoms with Gasteiger partial charge in [-0.3, -0.25) is 4.79 Å². The molecule has 0 aliphatic carbocycles. The van der Waals surface area contributed by atoms with E-state index in [0.29, 0.717) is 11.1 Å². The molecule has 5 heteroatoms. The van der Waals surface area contributed by atoms with E-state index in [1.54, 1.807) is 18.2 Å². The normalized spacial score (nSPS) is 20.3. The molecule has 3 atom stereocenters. The molecule has 30 heavy (non-hydrogen) atoms. The number of rotatable bonds is 5. The minimum absolute atomic E-state index is 0.164. The third-order valence-corrected chi connectivity index (χ3v) is 5.70. The Bertz CT molecular complexity index is 1090. The van der Waals surface area contributed by atoms with Gasteiger partial charge in [-0.05, 0) is 22.8 Å². The van der Waals surface area contributed by atoms with Crippen molar-refractivity contribution in [1.29, 1.82) is 5.26 Å². The predicted octanol–water partition coefficient (Wildman–Crippen LogP) is 3.91. The van der Waals surface area contributed by atoms with Gasteiger partial charge in [-0.15, -0.1) is 0 Å². The summed E-state index contributed by atoms with van der Waals surface area (Å²) in [6, 6.07) is 24.1. The third-order valence-electron chi connectivity index (χ3n) is 5.70. The van der Waals surface area contributed by atoms with Gasteiger partial charge in [-0.2, -0.15) is 5.26 Å². The van der Waals surface area contributed by atoms with Gasteiger partial charge in [0.25, 0.3) is 0 Å². The van der Waals surface area contributed by atoms with Crippen molar-refractivity contribution in [2.24, 2.45) is 0 Å². The van der Waals surface area contributed by atoms with Gasteiger partial charge in [0, 0.05) is 11.5 Å². The van der Waals surface area contributed by atoms with Gasteiger partial charge in [0.1, 0.15) is 11.9 Å². The Balaban J connectivity index is 1.67. The molecule has 3 aromatic carbocycles. The molecule has 1 heterocycles. The van der Waals surface area contributed by atoms with Gasteiger partial charge >= 0.3 is 0 Å². The Morgan fingerprint density at radius 1 is 0.967 bits per heavy atom. The number of amides is 1. The number of hydrogen-bond acceptors (Lipinski definition) is 3. The molecular weight excluding hydrogens is 379 g/mol. The Hall–Kier alpha value is -3.49. The van der Waals surface area contributed by atoms with Crippen molar-refractivity contribution in [1.82, 2.24) is 4.90 Å². The van der Waals surface area contributed by atoms with Gasteiger partial charge in [0.05, 0.1) is 25.1 Å². The summed E-state index contributed by atoms with van der Waals surface area (Å²) in [6.45, 7) is -0.269. The lowest BCUT2D eigenvalue weighted by atomic mass is 9.73. The zero-order valence-corrected chi connectivity index (χ0v) is 16.3. The van der Waals surface area contributed by atoms with Gasteiger partial charge in [0.2, 0.25) is 5.91 Å². The highest BCUT2D eigenvalue weighted by Crippen LogP contribution is 2.44. The Kier molecular flexibility index (Phi) is 5.60. The second-order valence-corrected chi connectivity index (χ2v) is 7.38. The first-order chi connectivity index (χ1) is 14.7. The van der Waals surface area contributed by atoms with E-state index in [-0.39, 0.29) is 24.8 Å². The van der Waals surface area contributed by atoms with Gasteiger partial charge in [0.15, 0.2) is 0 Å². The number of benzene rings is 3. The molecule has 0 radical (unpaired) electrons. The smallest absolute Gasteiger partial charge is 0.228 e. The number of hydrogen-bond donors (Lipinski definition) is 1. The number of likely N-dealkylation sites (tertiary alicyclic amines) is 1. The fourth-order valence-electron chi connectivity index (χ4n) is 4.30. The lowest BCUT2D eigenvalue weighted by molar-refractivity contribution is -0.146. The van der Waals surface area contributed by atoms with Crippen molar-refractivity contribution in [3.63, 3.8) is 0 Å². The number of nitrogens with zero attached hydrogens (tertiary/aromatic N) is 2. The molecule has 0 aromatic heterocycles. The fraction of sp³-hybridized carbons (Fsp3) is 0.200. The first kappa shape index (κ1) is 19.8. The van der Waals surface area contributed by atoms with Crippen molar-refractivity contribution in [3.8, 4) is 17.2 Å². The summed E-state index contributed by atoms with van der Waals surface area (Å²) in [6.07, 6.45) is 0.164. The molecule has 1 aliphatic rings. The molecule has 150 valence electrons. The van der Waals surface area contributed by atoms with Crippen LogP contribution in [0.3, 0.4) is 0 Å². The van der Waals surface area contributed by atoms with Crippen LogP contribution in [0.5, 0.6) is 0 Å². The van der Waals surface area contributed by atoms with E-state index in [9.17, 15) is 19.6 Å². The van der Waals surface area contributed by atoms with Crippen LogP contribution in [0.2, 0.25) is 0 Å². The number of halogens is 1. The van der Waals surface area contributed by atoms with Crippen molar-refractivity contribution in [2.75, 3.05) is 6.61 Å². The topological polar surface area (TPSA) is 64.3 Å². The van der Waals surface area contributed by atoms with E-state index >= 15 is 0 Å². The van der Waals surface area contributed by atoms with Crippen molar-refractivity contribution in [3.05, 3.63) is 95.8 Å². The van der Waals surface area contributed by atoms with E-state index < -0.39 is 18.0 Å². The maximum atomic E-state index is 14.5. The molecule has 3 aromatic rings. The fourth-order valence-corrected chi connectivity index (χ4v) is 4.30. The number of carbonyl (C=O) groups is 1. The zero-order valence-electron chi connectivity index (χ0n) is 16.3. The first-order valence-corrected chi connectivity index (χ1v) is 9.85. The molecule has 1 aliphatic heterocycles. The van der Waals surface area contributed by atoms with Crippen LogP contribution in [-0.2, 0) is 11.2 Å². The van der Waals surface area contributed by atoms with Crippen LogP contribution in [0.25, 0.3) is 11.1 Å².